The van der Waals surface area contributed by atoms with Crippen LogP contribution in [0.4, 0.5) is 0 Å². The molecule has 3 fully saturated rings. The van der Waals surface area contributed by atoms with E-state index in [1.165, 1.54) is 5.56 Å². The van der Waals surface area contributed by atoms with Gasteiger partial charge in [0.25, 0.3) is 0 Å². The zero-order chi connectivity index (χ0) is 19.3. The highest BCUT2D eigenvalue weighted by Gasteiger charge is 2.40. The maximum Gasteiger partial charge on any atom is 0.227 e. The lowest BCUT2D eigenvalue weighted by Gasteiger charge is -2.35. The Hall–Kier alpha value is -2.40. The van der Waals surface area contributed by atoms with E-state index in [1.54, 1.807) is 6.20 Å². The average Bonchev–Trinajstić information content (AvgIpc) is 2.99. The van der Waals surface area contributed by atoms with E-state index in [9.17, 15) is 4.79 Å². The second-order valence-electron chi connectivity index (χ2n) is 7.87. The summed E-state index contributed by atoms with van der Waals surface area (Å²) in [6.45, 7) is 6.05. The summed E-state index contributed by atoms with van der Waals surface area (Å²) in [5.41, 5.74) is 2.18. The molecule has 148 valence electrons. The van der Waals surface area contributed by atoms with Gasteiger partial charge in [0.2, 0.25) is 5.91 Å². The van der Waals surface area contributed by atoms with Crippen LogP contribution in [0.15, 0.2) is 48.7 Å². The number of fused-ring (bicyclic) bond motifs is 4. The van der Waals surface area contributed by atoms with E-state index < -0.39 is 0 Å². The smallest absolute Gasteiger partial charge is 0.227 e. The molecular weight excluding hydrogens is 350 g/mol. The lowest BCUT2D eigenvalue weighted by atomic mass is 9.94. The van der Waals surface area contributed by atoms with Crippen molar-refractivity contribution in [2.45, 2.75) is 45.3 Å². The highest BCUT2D eigenvalue weighted by Crippen LogP contribution is 2.32. The van der Waals surface area contributed by atoms with Crippen LogP contribution in [0.1, 0.15) is 37.4 Å². The highest BCUT2D eigenvalue weighted by atomic mass is 16.5. The zero-order valence-electron chi connectivity index (χ0n) is 16.6. The summed E-state index contributed by atoms with van der Waals surface area (Å²) in [6.07, 6.45) is 4.87. The normalized spacial score (nSPS) is 22.3. The summed E-state index contributed by atoms with van der Waals surface area (Å²) < 4.78 is 5.94. The van der Waals surface area contributed by atoms with Gasteiger partial charge in [-0.2, -0.15) is 0 Å². The van der Waals surface area contributed by atoms with Gasteiger partial charge in [0.05, 0.1) is 24.8 Å². The SMILES string of the molecule is CCCOc1ccccc1CN1C[C@@H]2CC[C@H](C1)N(Cc1ccccn1)C2=O. The van der Waals surface area contributed by atoms with E-state index in [4.69, 9.17) is 4.74 Å². The Morgan fingerprint density at radius 3 is 2.75 bits per heavy atom. The molecule has 2 bridgehead atoms. The zero-order valence-corrected chi connectivity index (χ0v) is 16.6. The van der Waals surface area contributed by atoms with Crippen LogP contribution >= 0.6 is 0 Å². The number of piperidine rings is 1. The van der Waals surface area contributed by atoms with Gasteiger partial charge in [-0.25, -0.2) is 0 Å². The van der Waals surface area contributed by atoms with Gasteiger partial charge in [0.15, 0.2) is 0 Å². The molecule has 4 heterocycles. The maximum atomic E-state index is 13.1. The molecule has 0 saturated carbocycles. The summed E-state index contributed by atoms with van der Waals surface area (Å²) in [6, 6.07) is 14.5. The topological polar surface area (TPSA) is 45.7 Å². The molecule has 0 N–H and O–H groups in total. The molecule has 3 aliphatic heterocycles. The molecule has 0 aliphatic carbocycles. The molecule has 0 radical (unpaired) electrons. The van der Waals surface area contributed by atoms with Gasteiger partial charge < -0.3 is 9.64 Å². The number of ether oxygens (including phenoxy) is 1. The molecule has 1 amide bonds. The second kappa shape index (κ2) is 8.74. The monoisotopic (exact) mass is 379 g/mol. The first-order valence-corrected chi connectivity index (χ1v) is 10.4. The quantitative estimate of drug-likeness (QED) is 0.739. The first-order valence-electron chi connectivity index (χ1n) is 10.4. The van der Waals surface area contributed by atoms with Crippen LogP contribution in [0, 0.1) is 5.92 Å². The van der Waals surface area contributed by atoms with Crippen molar-refractivity contribution in [3.05, 3.63) is 59.9 Å². The van der Waals surface area contributed by atoms with Crippen molar-refractivity contribution in [2.75, 3.05) is 19.7 Å². The molecular formula is C23H29N3O2. The summed E-state index contributed by atoms with van der Waals surface area (Å²) in [4.78, 5) is 22.0. The fourth-order valence-corrected chi connectivity index (χ4v) is 4.36. The fraction of sp³-hybridized carbons (Fsp3) is 0.478. The Kier molecular flexibility index (Phi) is 5.91. The Labute approximate surface area is 167 Å². The maximum absolute atomic E-state index is 13.1. The lowest BCUT2D eigenvalue weighted by Crippen LogP contribution is -2.47. The summed E-state index contributed by atoms with van der Waals surface area (Å²) in [5, 5.41) is 0. The van der Waals surface area contributed by atoms with E-state index in [2.05, 4.69) is 39.9 Å². The van der Waals surface area contributed by atoms with Crippen LogP contribution in [0.25, 0.3) is 0 Å². The third-order valence-electron chi connectivity index (χ3n) is 5.76. The van der Waals surface area contributed by atoms with E-state index in [0.29, 0.717) is 12.5 Å². The van der Waals surface area contributed by atoms with E-state index in [-0.39, 0.29) is 12.0 Å². The van der Waals surface area contributed by atoms with Crippen LogP contribution < -0.4 is 4.74 Å². The Morgan fingerprint density at radius 2 is 1.93 bits per heavy atom. The van der Waals surface area contributed by atoms with Crippen LogP contribution in [0.5, 0.6) is 5.75 Å². The first-order chi connectivity index (χ1) is 13.7. The molecule has 3 aliphatic rings. The van der Waals surface area contributed by atoms with Crippen molar-refractivity contribution < 1.29 is 9.53 Å². The van der Waals surface area contributed by atoms with Gasteiger partial charge in [0.1, 0.15) is 5.75 Å². The van der Waals surface area contributed by atoms with Crippen molar-refractivity contribution in [3.63, 3.8) is 0 Å². The van der Waals surface area contributed by atoms with E-state index >= 15 is 0 Å². The van der Waals surface area contributed by atoms with Gasteiger partial charge in [-0.3, -0.25) is 14.7 Å². The summed E-state index contributed by atoms with van der Waals surface area (Å²) >= 11 is 0. The standard InChI is InChI=1S/C23H29N3O2/c1-2-13-28-22-9-4-3-7-18(22)14-25-15-19-10-11-21(17-25)26(23(19)27)16-20-8-5-6-12-24-20/h3-9,12,19,21H,2,10-11,13-17H2,1H3/t19-,21+/m0/s1. The Morgan fingerprint density at radius 1 is 1.07 bits per heavy atom. The predicted octanol–water partition coefficient (Wildman–Crippen LogP) is 3.49. The lowest BCUT2D eigenvalue weighted by molar-refractivity contribution is -0.140. The Bertz CT molecular complexity index is 795. The number of amides is 1. The van der Waals surface area contributed by atoms with Crippen molar-refractivity contribution in [1.82, 2.24) is 14.8 Å². The van der Waals surface area contributed by atoms with Crippen molar-refractivity contribution in [3.8, 4) is 5.75 Å². The minimum absolute atomic E-state index is 0.0891. The number of nitrogens with zero attached hydrogens (tertiary/aromatic N) is 3. The highest BCUT2D eigenvalue weighted by molar-refractivity contribution is 5.80. The third kappa shape index (κ3) is 4.20. The number of hydrogen-bond acceptors (Lipinski definition) is 4. The minimum atomic E-state index is 0.0891. The number of carbonyl (C=O) groups is 1. The number of aromatic nitrogens is 1. The summed E-state index contributed by atoms with van der Waals surface area (Å²) in [7, 11) is 0. The third-order valence-corrected chi connectivity index (χ3v) is 5.76. The van der Waals surface area contributed by atoms with Crippen molar-refractivity contribution in [1.29, 1.82) is 0 Å². The molecule has 2 aromatic rings. The van der Waals surface area contributed by atoms with Gasteiger partial charge in [-0.1, -0.05) is 31.2 Å². The van der Waals surface area contributed by atoms with Crippen LogP contribution in [0.2, 0.25) is 0 Å². The number of pyridine rings is 1. The van der Waals surface area contributed by atoms with Crippen molar-refractivity contribution >= 4 is 5.91 Å². The van der Waals surface area contributed by atoms with Gasteiger partial charge in [-0.05, 0) is 37.5 Å². The number of benzene rings is 1. The largest absolute Gasteiger partial charge is 0.493 e. The molecule has 28 heavy (non-hydrogen) atoms. The van der Waals surface area contributed by atoms with Gasteiger partial charge in [0, 0.05) is 37.4 Å². The molecule has 3 saturated heterocycles. The molecule has 2 atom stereocenters. The van der Waals surface area contributed by atoms with Crippen LogP contribution in [-0.4, -0.2) is 46.4 Å². The number of rotatable bonds is 7. The molecule has 1 aromatic heterocycles. The van der Waals surface area contributed by atoms with Crippen LogP contribution in [0.3, 0.4) is 0 Å². The molecule has 5 nitrogen and oxygen atoms in total. The predicted molar refractivity (Wildman–Crippen MR) is 109 cm³/mol. The number of carbonyl (C=O) groups excluding carboxylic acids is 1. The van der Waals surface area contributed by atoms with Gasteiger partial charge in [-0.15, -0.1) is 0 Å². The van der Waals surface area contributed by atoms with E-state index in [1.807, 2.05) is 24.3 Å². The van der Waals surface area contributed by atoms with E-state index in [0.717, 1.165) is 56.9 Å². The molecule has 5 rings (SSSR count). The molecule has 0 spiro atoms. The first kappa shape index (κ1) is 18.9. The number of hydrogen-bond donors (Lipinski definition) is 0. The van der Waals surface area contributed by atoms with Gasteiger partial charge >= 0.3 is 0 Å². The Balaban J connectivity index is 1.48. The minimum Gasteiger partial charge on any atom is -0.493 e. The summed E-state index contributed by atoms with van der Waals surface area (Å²) in [5.74, 6) is 1.35. The molecule has 0 unspecified atom stereocenters. The second-order valence-corrected chi connectivity index (χ2v) is 7.87. The average molecular weight is 380 g/mol. The molecule has 1 aromatic carbocycles. The van der Waals surface area contributed by atoms with Crippen molar-refractivity contribution in [2.24, 2.45) is 5.92 Å². The fourth-order valence-electron chi connectivity index (χ4n) is 4.36. The molecule has 5 heteroatoms. The van der Waals surface area contributed by atoms with Crippen LogP contribution in [-0.2, 0) is 17.9 Å². The number of para-hydroxylation sites is 1.